The zero-order chi connectivity index (χ0) is 19.9. The third kappa shape index (κ3) is 5.39. The number of carbonyl (C=O) groups excluding carboxylic acids is 2. The van der Waals surface area contributed by atoms with Gasteiger partial charge in [0.2, 0.25) is 5.91 Å². The highest BCUT2D eigenvalue weighted by Crippen LogP contribution is 2.24. The van der Waals surface area contributed by atoms with Gasteiger partial charge in [-0.2, -0.15) is 0 Å². The third-order valence-corrected chi connectivity index (χ3v) is 5.31. The summed E-state index contributed by atoms with van der Waals surface area (Å²) in [7, 11) is 0. The predicted molar refractivity (Wildman–Crippen MR) is 111 cm³/mol. The van der Waals surface area contributed by atoms with E-state index in [-0.39, 0.29) is 24.5 Å². The Labute approximate surface area is 170 Å². The Bertz CT molecular complexity index is 825. The molecule has 1 aliphatic heterocycles. The lowest BCUT2D eigenvalue weighted by molar-refractivity contribution is -0.130. The molecule has 0 aromatic heterocycles. The molecule has 1 fully saturated rings. The molecule has 3 amide bonds. The van der Waals surface area contributed by atoms with Gasteiger partial charge in [0.05, 0.1) is 6.54 Å². The minimum atomic E-state index is -0.368. The maximum atomic E-state index is 12.6. The fourth-order valence-electron chi connectivity index (χ4n) is 3.43. The van der Waals surface area contributed by atoms with E-state index in [1.807, 2.05) is 41.3 Å². The van der Waals surface area contributed by atoms with Crippen molar-refractivity contribution >= 4 is 29.2 Å². The Morgan fingerprint density at radius 1 is 1.11 bits per heavy atom. The first-order valence-electron chi connectivity index (χ1n) is 9.42. The van der Waals surface area contributed by atoms with Crippen LogP contribution < -0.4 is 16.4 Å². The highest BCUT2D eigenvalue weighted by atomic mass is 35.5. The number of nitrogens with one attached hydrogen (secondary N) is 2. The molecule has 1 unspecified atom stereocenters. The number of carbonyl (C=O) groups is 2. The number of likely N-dealkylation sites (tertiary alicyclic amines) is 1. The number of benzene rings is 2. The van der Waals surface area contributed by atoms with Crippen molar-refractivity contribution < 1.29 is 9.59 Å². The van der Waals surface area contributed by atoms with Crippen LogP contribution >= 0.6 is 11.6 Å². The van der Waals surface area contributed by atoms with Crippen LogP contribution in [0.3, 0.4) is 0 Å². The maximum absolute atomic E-state index is 12.6. The molecule has 0 saturated carbocycles. The standard InChI is InChI=1S/C21H25ClN4O2/c22-19-6-2-1-4-16(19)12-18-5-3-11-26(18)20(27)14-25-21(28)24-13-15-7-9-17(23)10-8-15/h1-2,4,6-10,18H,3,5,11-14,23H2,(H2,24,25,28). The van der Waals surface area contributed by atoms with Gasteiger partial charge >= 0.3 is 6.03 Å². The van der Waals surface area contributed by atoms with Crippen LogP contribution in [0.1, 0.15) is 24.0 Å². The summed E-state index contributed by atoms with van der Waals surface area (Å²) in [6.45, 7) is 1.06. The second kappa shape index (κ2) is 9.46. The second-order valence-electron chi connectivity index (χ2n) is 6.96. The molecule has 1 saturated heterocycles. The summed E-state index contributed by atoms with van der Waals surface area (Å²) < 4.78 is 0. The first-order chi connectivity index (χ1) is 13.5. The van der Waals surface area contributed by atoms with E-state index in [0.29, 0.717) is 18.8 Å². The van der Waals surface area contributed by atoms with Crippen molar-refractivity contribution in [3.8, 4) is 0 Å². The summed E-state index contributed by atoms with van der Waals surface area (Å²) in [5, 5.41) is 6.11. The Morgan fingerprint density at radius 2 is 1.86 bits per heavy atom. The third-order valence-electron chi connectivity index (χ3n) is 4.94. The summed E-state index contributed by atoms with van der Waals surface area (Å²) in [5.41, 5.74) is 8.30. The largest absolute Gasteiger partial charge is 0.399 e. The van der Waals surface area contributed by atoms with Crippen LogP contribution in [-0.4, -0.2) is 36.0 Å². The highest BCUT2D eigenvalue weighted by molar-refractivity contribution is 6.31. The van der Waals surface area contributed by atoms with Gasteiger partial charge in [0, 0.05) is 29.8 Å². The van der Waals surface area contributed by atoms with E-state index in [2.05, 4.69) is 10.6 Å². The number of halogens is 1. The van der Waals surface area contributed by atoms with E-state index in [9.17, 15) is 9.59 Å². The van der Waals surface area contributed by atoms with Gasteiger partial charge in [-0.1, -0.05) is 41.9 Å². The van der Waals surface area contributed by atoms with Crippen LogP contribution in [0.2, 0.25) is 5.02 Å². The number of amides is 3. The van der Waals surface area contributed by atoms with Gasteiger partial charge in [-0.05, 0) is 48.6 Å². The Hall–Kier alpha value is -2.73. The molecule has 2 aromatic rings. The summed E-state index contributed by atoms with van der Waals surface area (Å²) in [6.07, 6.45) is 2.64. The molecule has 7 heteroatoms. The number of hydrogen-bond donors (Lipinski definition) is 3. The van der Waals surface area contributed by atoms with E-state index >= 15 is 0 Å². The van der Waals surface area contributed by atoms with E-state index < -0.39 is 0 Å². The van der Waals surface area contributed by atoms with Crippen molar-refractivity contribution in [2.45, 2.75) is 31.8 Å². The van der Waals surface area contributed by atoms with E-state index in [0.717, 1.165) is 35.4 Å². The summed E-state index contributed by atoms with van der Waals surface area (Å²) in [5.74, 6) is -0.0720. The molecule has 6 nitrogen and oxygen atoms in total. The SMILES string of the molecule is Nc1ccc(CNC(=O)NCC(=O)N2CCCC2Cc2ccccc2Cl)cc1. The Kier molecular flexibility index (Phi) is 6.76. The normalized spacial score (nSPS) is 16.0. The highest BCUT2D eigenvalue weighted by Gasteiger charge is 2.29. The molecule has 0 aliphatic carbocycles. The summed E-state index contributed by atoms with van der Waals surface area (Å²) in [4.78, 5) is 26.4. The average molecular weight is 401 g/mol. The van der Waals surface area contributed by atoms with Crippen molar-refractivity contribution in [3.05, 3.63) is 64.7 Å². The molecule has 28 heavy (non-hydrogen) atoms. The molecule has 1 aliphatic rings. The first-order valence-corrected chi connectivity index (χ1v) is 9.79. The molecule has 148 valence electrons. The minimum absolute atomic E-state index is 0.0212. The predicted octanol–water partition coefficient (Wildman–Crippen LogP) is 2.96. The first kappa shape index (κ1) is 20.0. The molecule has 0 bridgehead atoms. The van der Waals surface area contributed by atoms with E-state index in [1.54, 1.807) is 12.1 Å². The molecule has 1 heterocycles. The lowest BCUT2D eigenvalue weighted by atomic mass is 10.0. The zero-order valence-electron chi connectivity index (χ0n) is 15.7. The average Bonchev–Trinajstić information content (AvgIpc) is 3.16. The molecular weight excluding hydrogens is 376 g/mol. The Balaban J connectivity index is 1.46. The van der Waals surface area contributed by atoms with Crippen LogP contribution in [0, 0.1) is 0 Å². The molecule has 3 rings (SSSR count). The summed E-state index contributed by atoms with van der Waals surface area (Å²) in [6, 6.07) is 14.7. The smallest absolute Gasteiger partial charge is 0.315 e. The second-order valence-corrected chi connectivity index (χ2v) is 7.36. The lowest BCUT2D eigenvalue weighted by Crippen LogP contribution is -2.45. The maximum Gasteiger partial charge on any atom is 0.315 e. The van der Waals surface area contributed by atoms with Crippen LogP contribution in [0.15, 0.2) is 48.5 Å². The molecule has 0 radical (unpaired) electrons. The Morgan fingerprint density at radius 3 is 2.61 bits per heavy atom. The van der Waals surface area contributed by atoms with Gasteiger partial charge in [0.1, 0.15) is 0 Å². The van der Waals surface area contributed by atoms with Gasteiger partial charge < -0.3 is 21.3 Å². The zero-order valence-corrected chi connectivity index (χ0v) is 16.4. The van der Waals surface area contributed by atoms with Crippen molar-refractivity contribution in [2.75, 3.05) is 18.8 Å². The van der Waals surface area contributed by atoms with E-state index in [4.69, 9.17) is 17.3 Å². The fraction of sp³-hybridized carbons (Fsp3) is 0.333. The van der Waals surface area contributed by atoms with Crippen molar-refractivity contribution in [3.63, 3.8) is 0 Å². The minimum Gasteiger partial charge on any atom is -0.399 e. The van der Waals surface area contributed by atoms with Crippen LogP contribution in [0.25, 0.3) is 0 Å². The van der Waals surface area contributed by atoms with Crippen LogP contribution in [0.5, 0.6) is 0 Å². The topological polar surface area (TPSA) is 87.5 Å². The molecule has 1 atom stereocenters. The van der Waals surface area contributed by atoms with Gasteiger partial charge in [-0.3, -0.25) is 4.79 Å². The fourth-order valence-corrected chi connectivity index (χ4v) is 3.64. The number of nitrogens with zero attached hydrogens (tertiary/aromatic N) is 1. The number of anilines is 1. The van der Waals surface area contributed by atoms with Gasteiger partial charge in [-0.25, -0.2) is 4.79 Å². The number of rotatable bonds is 6. The molecular formula is C21H25ClN4O2. The molecule has 2 aromatic carbocycles. The van der Waals surface area contributed by atoms with E-state index in [1.165, 1.54) is 0 Å². The van der Waals surface area contributed by atoms with Crippen LogP contribution in [-0.2, 0) is 17.8 Å². The van der Waals surface area contributed by atoms with Crippen molar-refractivity contribution in [1.82, 2.24) is 15.5 Å². The number of nitrogens with two attached hydrogens (primary N) is 1. The van der Waals surface area contributed by atoms with Gasteiger partial charge in [0.25, 0.3) is 0 Å². The van der Waals surface area contributed by atoms with Gasteiger partial charge in [0.15, 0.2) is 0 Å². The summed E-state index contributed by atoms with van der Waals surface area (Å²) >= 11 is 6.25. The van der Waals surface area contributed by atoms with Gasteiger partial charge in [-0.15, -0.1) is 0 Å². The molecule has 4 N–H and O–H groups in total. The van der Waals surface area contributed by atoms with Crippen LogP contribution in [0.4, 0.5) is 10.5 Å². The monoisotopic (exact) mass is 400 g/mol. The number of urea groups is 1. The van der Waals surface area contributed by atoms with Crippen molar-refractivity contribution in [2.24, 2.45) is 0 Å². The molecule has 0 spiro atoms. The lowest BCUT2D eigenvalue weighted by Gasteiger charge is -2.25. The number of nitrogen functional groups attached to an aromatic ring is 1. The van der Waals surface area contributed by atoms with Crippen molar-refractivity contribution in [1.29, 1.82) is 0 Å². The number of hydrogen-bond acceptors (Lipinski definition) is 3. The quantitative estimate of drug-likeness (QED) is 0.651.